The Hall–Kier alpha value is -2.60. The van der Waals surface area contributed by atoms with E-state index in [9.17, 15) is 9.90 Å². The summed E-state index contributed by atoms with van der Waals surface area (Å²) in [6.45, 7) is 1.75. The van der Waals surface area contributed by atoms with Crippen molar-refractivity contribution in [1.29, 1.82) is 0 Å². The number of anilines is 2. The van der Waals surface area contributed by atoms with E-state index in [1.807, 2.05) is 30.3 Å². The van der Waals surface area contributed by atoms with E-state index >= 15 is 0 Å². The molecular formula is C21H19Cl2N3O2. The van der Waals surface area contributed by atoms with E-state index < -0.39 is 12.1 Å². The number of amides is 1. The number of aliphatic hydroxyl groups is 1. The van der Waals surface area contributed by atoms with Gasteiger partial charge >= 0.3 is 0 Å². The molecule has 2 aromatic carbocycles. The zero-order valence-electron chi connectivity index (χ0n) is 15.1. The van der Waals surface area contributed by atoms with Crippen LogP contribution in [0.5, 0.6) is 0 Å². The molecule has 0 saturated heterocycles. The van der Waals surface area contributed by atoms with Crippen molar-refractivity contribution < 1.29 is 9.90 Å². The van der Waals surface area contributed by atoms with E-state index in [1.165, 1.54) is 0 Å². The van der Waals surface area contributed by atoms with Gasteiger partial charge < -0.3 is 15.7 Å². The molecule has 3 N–H and O–H groups in total. The number of nitrogens with zero attached hydrogens (tertiary/aromatic N) is 1. The van der Waals surface area contributed by atoms with Crippen molar-refractivity contribution in [2.45, 2.75) is 19.1 Å². The Morgan fingerprint density at radius 2 is 1.71 bits per heavy atom. The van der Waals surface area contributed by atoms with Gasteiger partial charge in [0.15, 0.2) is 0 Å². The summed E-state index contributed by atoms with van der Waals surface area (Å²) < 4.78 is 0. The van der Waals surface area contributed by atoms with Crippen LogP contribution in [0.4, 0.5) is 11.5 Å². The number of aliphatic hydroxyl groups excluding tert-OH is 1. The number of rotatable bonds is 6. The molecule has 0 fully saturated rings. The van der Waals surface area contributed by atoms with Gasteiger partial charge in [-0.2, -0.15) is 0 Å². The second-order valence-corrected chi connectivity index (χ2v) is 7.17. The van der Waals surface area contributed by atoms with Gasteiger partial charge in [0.25, 0.3) is 5.91 Å². The summed E-state index contributed by atoms with van der Waals surface area (Å²) >= 11 is 12.1. The standard InChI is InChI=1S/C21H19Cl2N3O2/c1-13(19(27)14-6-3-2-4-7-14)25-21(28)18-8-5-9-24-20(18)26-17-11-15(22)10-16(23)12-17/h2-13,19,27H,1H3,(H,24,26)(H,25,28)/t13-,19-/m0/s1. The van der Waals surface area contributed by atoms with Crippen molar-refractivity contribution in [3.63, 3.8) is 0 Å². The van der Waals surface area contributed by atoms with Gasteiger partial charge in [-0.15, -0.1) is 0 Å². The first-order valence-corrected chi connectivity index (χ1v) is 9.41. The molecule has 2 atom stereocenters. The highest BCUT2D eigenvalue weighted by Crippen LogP contribution is 2.26. The first kappa shape index (κ1) is 20.1. The van der Waals surface area contributed by atoms with Crippen LogP contribution in [-0.2, 0) is 0 Å². The normalized spacial score (nSPS) is 12.9. The molecule has 5 nitrogen and oxygen atoms in total. The number of hydrogen-bond donors (Lipinski definition) is 3. The molecule has 0 aliphatic carbocycles. The Bertz CT molecular complexity index is 947. The Kier molecular flexibility index (Phi) is 6.52. The summed E-state index contributed by atoms with van der Waals surface area (Å²) in [6.07, 6.45) is 0.748. The fourth-order valence-corrected chi connectivity index (χ4v) is 3.28. The molecule has 0 aliphatic rings. The van der Waals surface area contributed by atoms with E-state index in [0.29, 0.717) is 27.1 Å². The van der Waals surface area contributed by atoms with Crippen molar-refractivity contribution in [3.05, 3.63) is 88.0 Å². The second kappa shape index (κ2) is 9.06. The lowest BCUT2D eigenvalue weighted by molar-refractivity contribution is 0.0852. The monoisotopic (exact) mass is 415 g/mol. The average Bonchev–Trinajstić information content (AvgIpc) is 2.67. The molecular weight excluding hydrogens is 397 g/mol. The molecule has 1 heterocycles. The summed E-state index contributed by atoms with van der Waals surface area (Å²) in [5.74, 6) is 0.00550. The second-order valence-electron chi connectivity index (χ2n) is 6.30. The van der Waals surface area contributed by atoms with E-state index in [1.54, 1.807) is 43.5 Å². The van der Waals surface area contributed by atoms with E-state index in [0.717, 1.165) is 5.56 Å². The lowest BCUT2D eigenvalue weighted by atomic mass is 10.0. The third-order valence-electron chi connectivity index (χ3n) is 4.15. The molecule has 7 heteroatoms. The minimum atomic E-state index is -0.829. The van der Waals surface area contributed by atoms with Crippen molar-refractivity contribution in [2.24, 2.45) is 0 Å². The van der Waals surface area contributed by atoms with Gasteiger partial charge in [-0.1, -0.05) is 53.5 Å². The summed E-state index contributed by atoms with van der Waals surface area (Å²) in [6, 6.07) is 17.0. The van der Waals surface area contributed by atoms with Crippen LogP contribution in [0.2, 0.25) is 10.0 Å². The van der Waals surface area contributed by atoms with Gasteiger partial charge in [-0.25, -0.2) is 4.98 Å². The summed E-state index contributed by atoms with van der Waals surface area (Å²) in [5, 5.41) is 17.3. The third-order valence-corrected chi connectivity index (χ3v) is 4.59. The predicted molar refractivity (Wildman–Crippen MR) is 112 cm³/mol. The van der Waals surface area contributed by atoms with Crippen LogP contribution in [0.25, 0.3) is 0 Å². The molecule has 0 saturated carbocycles. The van der Waals surface area contributed by atoms with Crippen LogP contribution in [-0.4, -0.2) is 22.0 Å². The SMILES string of the molecule is C[C@H](NC(=O)c1cccnc1Nc1cc(Cl)cc(Cl)c1)[C@H](O)c1ccccc1. The number of halogens is 2. The molecule has 0 bridgehead atoms. The average molecular weight is 416 g/mol. The Balaban J connectivity index is 1.77. The summed E-state index contributed by atoms with van der Waals surface area (Å²) in [4.78, 5) is 17.0. The predicted octanol–water partition coefficient (Wildman–Crippen LogP) is 4.98. The Morgan fingerprint density at radius 1 is 1.04 bits per heavy atom. The van der Waals surface area contributed by atoms with Crippen LogP contribution in [0.1, 0.15) is 28.9 Å². The lowest BCUT2D eigenvalue weighted by Crippen LogP contribution is -2.37. The number of hydrogen-bond acceptors (Lipinski definition) is 4. The zero-order chi connectivity index (χ0) is 20.1. The number of pyridine rings is 1. The smallest absolute Gasteiger partial charge is 0.255 e. The Labute approximate surface area is 173 Å². The molecule has 0 radical (unpaired) electrons. The van der Waals surface area contributed by atoms with Crippen molar-refractivity contribution in [2.75, 3.05) is 5.32 Å². The highest BCUT2D eigenvalue weighted by Gasteiger charge is 2.21. The molecule has 3 rings (SSSR count). The van der Waals surface area contributed by atoms with Crippen LogP contribution in [0.15, 0.2) is 66.9 Å². The first-order chi connectivity index (χ1) is 13.4. The number of carbonyl (C=O) groups excluding carboxylic acids is 1. The maximum absolute atomic E-state index is 12.8. The highest BCUT2D eigenvalue weighted by molar-refractivity contribution is 6.35. The molecule has 1 aromatic heterocycles. The van der Waals surface area contributed by atoms with Crippen LogP contribution >= 0.6 is 23.2 Å². The minimum Gasteiger partial charge on any atom is -0.386 e. The number of aromatic nitrogens is 1. The van der Waals surface area contributed by atoms with Crippen molar-refractivity contribution in [1.82, 2.24) is 10.3 Å². The van der Waals surface area contributed by atoms with E-state index in [-0.39, 0.29) is 5.91 Å². The third kappa shape index (κ3) is 5.01. The lowest BCUT2D eigenvalue weighted by Gasteiger charge is -2.21. The molecule has 28 heavy (non-hydrogen) atoms. The van der Waals surface area contributed by atoms with Gasteiger partial charge in [0.2, 0.25) is 0 Å². The van der Waals surface area contributed by atoms with Gasteiger partial charge in [-0.05, 0) is 42.8 Å². The number of nitrogens with one attached hydrogen (secondary N) is 2. The molecule has 1 amide bonds. The molecule has 0 spiro atoms. The highest BCUT2D eigenvalue weighted by atomic mass is 35.5. The molecule has 0 aliphatic heterocycles. The van der Waals surface area contributed by atoms with Crippen LogP contribution in [0, 0.1) is 0 Å². The molecule has 3 aromatic rings. The largest absolute Gasteiger partial charge is 0.386 e. The fourth-order valence-electron chi connectivity index (χ4n) is 2.75. The summed E-state index contributed by atoms with van der Waals surface area (Å²) in [7, 11) is 0. The minimum absolute atomic E-state index is 0.339. The van der Waals surface area contributed by atoms with Crippen LogP contribution < -0.4 is 10.6 Å². The first-order valence-electron chi connectivity index (χ1n) is 8.66. The van der Waals surface area contributed by atoms with Gasteiger partial charge in [0, 0.05) is 21.9 Å². The molecule has 144 valence electrons. The van der Waals surface area contributed by atoms with E-state index in [4.69, 9.17) is 23.2 Å². The quantitative estimate of drug-likeness (QED) is 0.530. The van der Waals surface area contributed by atoms with Crippen molar-refractivity contribution in [3.8, 4) is 0 Å². The zero-order valence-corrected chi connectivity index (χ0v) is 16.6. The maximum atomic E-state index is 12.8. The van der Waals surface area contributed by atoms with Crippen molar-refractivity contribution >= 4 is 40.6 Å². The topological polar surface area (TPSA) is 74.2 Å². The van der Waals surface area contributed by atoms with Gasteiger partial charge in [0.1, 0.15) is 5.82 Å². The van der Waals surface area contributed by atoms with Crippen LogP contribution in [0.3, 0.4) is 0 Å². The summed E-state index contributed by atoms with van der Waals surface area (Å²) in [5.41, 5.74) is 1.68. The van der Waals surface area contributed by atoms with Gasteiger partial charge in [-0.3, -0.25) is 4.79 Å². The fraction of sp³-hybridized carbons (Fsp3) is 0.143. The maximum Gasteiger partial charge on any atom is 0.255 e. The molecule has 0 unspecified atom stereocenters. The van der Waals surface area contributed by atoms with E-state index in [2.05, 4.69) is 15.6 Å². The Morgan fingerprint density at radius 3 is 2.39 bits per heavy atom. The number of carbonyl (C=O) groups is 1. The number of benzene rings is 2. The van der Waals surface area contributed by atoms with Gasteiger partial charge in [0.05, 0.1) is 17.7 Å².